The highest BCUT2D eigenvalue weighted by atomic mass is 32.1. The molecule has 1 saturated carbocycles. The largest absolute Gasteiger partial charge is 0.360 e. The van der Waals surface area contributed by atoms with Crippen LogP contribution in [0.4, 0.5) is 5.82 Å². The molecule has 0 bridgehead atoms. The van der Waals surface area contributed by atoms with E-state index >= 15 is 0 Å². The number of nitrogens with one attached hydrogen (secondary N) is 1. The fourth-order valence-electron chi connectivity index (χ4n) is 3.65. The third-order valence-corrected chi connectivity index (χ3v) is 5.57. The van der Waals surface area contributed by atoms with Crippen LogP contribution < -0.4 is 10.2 Å². The van der Waals surface area contributed by atoms with E-state index in [1.165, 1.54) is 32.1 Å². The molecule has 5 nitrogen and oxygen atoms in total. The molecule has 2 aliphatic rings. The van der Waals surface area contributed by atoms with Crippen molar-refractivity contribution < 1.29 is 0 Å². The van der Waals surface area contributed by atoms with E-state index in [4.69, 9.17) is 17.2 Å². The van der Waals surface area contributed by atoms with E-state index < -0.39 is 0 Å². The molecule has 6 heteroatoms. The SMILES string of the molecule is Cc1cc(N2CCN(C(=S)NC3CCCCC3)CC2)nc(C(C)C)n1. The molecule has 1 aromatic rings. The van der Waals surface area contributed by atoms with Gasteiger partial charge >= 0.3 is 0 Å². The number of piperazine rings is 1. The van der Waals surface area contributed by atoms with Crippen LogP contribution in [0.25, 0.3) is 0 Å². The zero-order valence-corrected chi connectivity index (χ0v) is 16.6. The minimum Gasteiger partial charge on any atom is -0.360 e. The Bertz CT molecular complexity index is 589. The Morgan fingerprint density at radius 3 is 2.44 bits per heavy atom. The lowest BCUT2D eigenvalue weighted by atomic mass is 9.96. The van der Waals surface area contributed by atoms with Gasteiger partial charge in [-0.2, -0.15) is 0 Å². The summed E-state index contributed by atoms with van der Waals surface area (Å²) in [5.41, 5.74) is 1.05. The van der Waals surface area contributed by atoms with E-state index in [0.29, 0.717) is 12.0 Å². The van der Waals surface area contributed by atoms with Crippen molar-refractivity contribution in [1.82, 2.24) is 20.2 Å². The van der Waals surface area contributed by atoms with Gasteiger partial charge in [-0.15, -0.1) is 0 Å². The van der Waals surface area contributed by atoms with Crippen molar-refractivity contribution in [2.75, 3.05) is 31.1 Å². The van der Waals surface area contributed by atoms with Crippen molar-refractivity contribution in [3.05, 3.63) is 17.6 Å². The molecule has 1 aliphatic carbocycles. The summed E-state index contributed by atoms with van der Waals surface area (Å²) in [5.74, 6) is 2.35. The van der Waals surface area contributed by atoms with Crippen molar-refractivity contribution in [2.45, 2.75) is 64.8 Å². The van der Waals surface area contributed by atoms with Gasteiger partial charge in [-0.1, -0.05) is 33.1 Å². The minimum atomic E-state index is 0.354. The second-order valence-electron chi connectivity index (χ2n) is 7.64. The average molecular weight is 362 g/mol. The monoisotopic (exact) mass is 361 g/mol. The van der Waals surface area contributed by atoms with Crippen LogP contribution >= 0.6 is 12.2 Å². The summed E-state index contributed by atoms with van der Waals surface area (Å²) in [4.78, 5) is 14.0. The standard InChI is InChI=1S/C19H31N5S/c1-14(2)18-20-15(3)13-17(22-18)23-9-11-24(12-10-23)19(25)21-16-7-5-4-6-8-16/h13-14,16H,4-12H2,1-3H3,(H,21,25). The van der Waals surface area contributed by atoms with Crippen LogP contribution in [0.3, 0.4) is 0 Å². The summed E-state index contributed by atoms with van der Waals surface area (Å²) in [6.45, 7) is 10.2. The summed E-state index contributed by atoms with van der Waals surface area (Å²) < 4.78 is 0. The first-order chi connectivity index (χ1) is 12.0. The maximum Gasteiger partial charge on any atom is 0.169 e. The van der Waals surface area contributed by atoms with Crippen LogP contribution in [-0.2, 0) is 0 Å². The van der Waals surface area contributed by atoms with Crippen molar-refractivity contribution in [2.24, 2.45) is 0 Å². The maximum atomic E-state index is 5.66. The number of hydrogen-bond acceptors (Lipinski definition) is 4. The van der Waals surface area contributed by atoms with Gasteiger partial charge in [0.25, 0.3) is 0 Å². The van der Waals surface area contributed by atoms with E-state index in [0.717, 1.165) is 48.6 Å². The molecule has 3 rings (SSSR count). The molecule has 1 aromatic heterocycles. The molecular weight excluding hydrogens is 330 g/mol. The van der Waals surface area contributed by atoms with Gasteiger partial charge in [0, 0.05) is 49.9 Å². The Balaban J connectivity index is 1.55. The van der Waals surface area contributed by atoms with Crippen LogP contribution in [0.15, 0.2) is 6.07 Å². The van der Waals surface area contributed by atoms with Gasteiger partial charge in [-0.05, 0) is 32.0 Å². The fourth-order valence-corrected chi connectivity index (χ4v) is 4.00. The van der Waals surface area contributed by atoms with Gasteiger partial charge in [0.1, 0.15) is 11.6 Å². The van der Waals surface area contributed by atoms with Crippen LogP contribution in [0.1, 0.15) is 63.4 Å². The lowest BCUT2D eigenvalue weighted by Gasteiger charge is -2.38. The van der Waals surface area contributed by atoms with Crippen molar-refractivity contribution in [3.8, 4) is 0 Å². The average Bonchev–Trinajstić information content (AvgIpc) is 2.62. The predicted molar refractivity (Wildman–Crippen MR) is 107 cm³/mol. The zero-order valence-electron chi connectivity index (χ0n) is 15.8. The second-order valence-corrected chi connectivity index (χ2v) is 8.03. The van der Waals surface area contributed by atoms with Gasteiger partial charge in [-0.3, -0.25) is 0 Å². The molecule has 0 amide bonds. The van der Waals surface area contributed by atoms with E-state index in [-0.39, 0.29) is 0 Å². The molecule has 138 valence electrons. The molecule has 0 radical (unpaired) electrons. The number of hydrogen-bond donors (Lipinski definition) is 1. The van der Waals surface area contributed by atoms with Crippen LogP contribution in [-0.4, -0.2) is 52.2 Å². The van der Waals surface area contributed by atoms with Gasteiger partial charge in [0.2, 0.25) is 0 Å². The summed E-state index contributed by atoms with van der Waals surface area (Å²) in [5, 5.41) is 4.53. The van der Waals surface area contributed by atoms with E-state index in [9.17, 15) is 0 Å². The Morgan fingerprint density at radius 1 is 1.12 bits per heavy atom. The highest BCUT2D eigenvalue weighted by Gasteiger charge is 2.23. The highest BCUT2D eigenvalue weighted by molar-refractivity contribution is 7.80. The molecule has 2 heterocycles. The first kappa shape index (κ1) is 18.4. The van der Waals surface area contributed by atoms with Gasteiger partial charge in [0.05, 0.1) is 0 Å². The maximum absolute atomic E-state index is 5.66. The third-order valence-electron chi connectivity index (χ3n) is 5.20. The molecule has 1 saturated heterocycles. The molecule has 0 aromatic carbocycles. The molecular formula is C19H31N5S. The first-order valence-corrected chi connectivity index (χ1v) is 10.1. The van der Waals surface area contributed by atoms with Crippen molar-refractivity contribution in [1.29, 1.82) is 0 Å². The normalized spacial score (nSPS) is 19.4. The number of anilines is 1. The van der Waals surface area contributed by atoms with Crippen molar-refractivity contribution >= 4 is 23.1 Å². The van der Waals surface area contributed by atoms with Crippen LogP contribution in [0, 0.1) is 6.92 Å². The van der Waals surface area contributed by atoms with E-state index in [1.807, 2.05) is 0 Å². The van der Waals surface area contributed by atoms with E-state index in [1.54, 1.807) is 0 Å². The van der Waals surface area contributed by atoms with Gasteiger partial charge in [-0.25, -0.2) is 9.97 Å². The number of nitrogens with zero attached hydrogens (tertiary/aromatic N) is 4. The fraction of sp³-hybridized carbons (Fsp3) is 0.737. The highest BCUT2D eigenvalue weighted by Crippen LogP contribution is 2.20. The summed E-state index contributed by atoms with van der Waals surface area (Å²) >= 11 is 5.66. The van der Waals surface area contributed by atoms with Gasteiger partial charge in [0.15, 0.2) is 5.11 Å². The number of thiocarbonyl (C=S) groups is 1. The Morgan fingerprint density at radius 2 is 1.80 bits per heavy atom. The topological polar surface area (TPSA) is 44.3 Å². The predicted octanol–water partition coefficient (Wildman–Crippen LogP) is 3.24. The Hall–Kier alpha value is -1.43. The zero-order chi connectivity index (χ0) is 17.8. The number of aryl methyl sites for hydroxylation is 1. The molecule has 1 N–H and O–H groups in total. The second kappa shape index (κ2) is 8.30. The van der Waals surface area contributed by atoms with Crippen molar-refractivity contribution in [3.63, 3.8) is 0 Å². The van der Waals surface area contributed by atoms with Crippen LogP contribution in [0.2, 0.25) is 0 Å². The van der Waals surface area contributed by atoms with Crippen LogP contribution in [0.5, 0.6) is 0 Å². The number of aromatic nitrogens is 2. The Kier molecular flexibility index (Phi) is 6.10. The minimum absolute atomic E-state index is 0.354. The van der Waals surface area contributed by atoms with E-state index in [2.05, 4.69) is 46.9 Å². The molecule has 2 fully saturated rings. The molecule has 0 atom stereocenters. The number of rotatable bonds is 3. The Labute approximate surface area is 157 Å². The smallest absolute Gasteiger partial charge is 0.169 e. The lowest BCUT2D eigenvalue weighted by Crippen LogP contribution is -2.53. The summed E-state index contributed by atoms with van der Waals surface area (Å²) in [7, 11) is 0. The summed E-state index contributed by atoms with van der Waals surface area (Å²) in [6, 6.07) is 2.68. The lowest BCUT2D eigenvalue weighted by molar-refractivity contribution is 0.354. The quantitative estimate of drug-likeness (QED) is 0.834. The molecule has 0 spiro atoms. The van der Waals surface area contributed by atoms with Gasteiger partial charge < -0.3 is 15.1 Å². The summed E-state index contributed by atoms with van der Waals surface area (Å²) in [6.07, 6.45) is 6.57. The molecule has 25 heavy (non-hydrogen) atoms. The third kappa shape index (κ3) is 4.81. The molecule has 1 aliphatic heterocycles. The molecule has 0 unspecified atom stereocenters. The first-order valence-electron chi connectivity index (χ1n) is 9.69.